The fourth-order valence-electron chi connectivity index (χ4n) is 3.77. The van der Waals surface area contributed by atoms with Crippen molar-refractivity contribution in [1.82, 2.24) is 9.88 Å². The minimum Gasteiger partial charge on any atom is -0.390 e. The summed E-state index contributed by atoms with van der Waals surface area (Å²) < 4.78 is 0. The highest BCUT2D eigenvalue weighted by molar-refractivity contribution is 5.85. The summed E-state index contributed by atoms with van der Waals surface area (Å²) in [6.07, 6.45) is 2.85. The minimum atomic E-state index is -0.521. The van der Waals surface area contributed by atoms with Crippen LogP contribution in [0.3, 0.4) is 0 Å². The van der Waals surface area contributed by atoms with Crippen LogP contribution in [-0.4, -0.2) is 33.7 Å². The molecule has 0 unspecified atom stereocenters. The van der Waals surface area contributed by atoms with E-state index in [0.717, 1.165) is 32.4 Å². The largest absolute Gasteiger partial charge is 0.390 e. The Labute approximate surface area is 113 Å². The van der Waals surface area contributed by atoms with Crippen molar-refractivity contribution >= 4 is 10.9 Å². The molecule has 0 radical (unpaired) electrons. The summed E-state index contributed by atoms with van der Waals surface area (Å²) in [5.74, 6) is 0. The van der Waals surface area contributed by atoms with Gasteiger partial charge in [-0.2, -0.15) is 0 Å². The Bertz CT molecular complexity index is 629. The van der Waals surface area contributed by atoms with Crippen molar-refractivity contribution in [1.29, 1.82) is 0 Å². The molecule has 4 rings (SSSR count). The molecule has 0 saturated carbocycles. The molecule has 3 heteroatoms. The van der Waals surface area contributed by atoms with Crippen LogP contribution in [-0.2, 0) is 6.42 Å². The van der Waals surface area contributed by atoms with Gasteiger partial charge in [0.15, 0.2) is 0 Å². The second-order valence-corrected chi connectivity index (χ2v) is 6.32. The number of rotatable bonds is 0. The van der Waals surface area contributed by atoms with E-state index in [4.69, 9.17) is 0 Å². The Morgan fingerprint density at radius 1 is 1.32 bits per heavy atom. The number of para-hydroxylation sites is 1. The molecule has 0 amide bonds. The van der Waals surface area contributed by atoms with Gasteiger partial charge in [0.05, 0.1) is 11.6 Å². The zero-order valence-electron chi connectivity index (χ0n) is 11.3. The van der Waals surface area contributed by atoms with Gasteiger partial charge in [-0.05, 0) is 37.8 Å². The first-order valence-electron chi connectivity index (χ1n) is 7.20. The van der Waals surface area contributed by atoms with Crippen LogP contribution >= 0.6 is 0 Å². The van der Waals surface area contributed by atoms with Crippen molar-refractivity contribution in [2.45, 2.75) is 37.8 Å². The number of aromatic nitrogens is 1. The molecule has 19 heavy (non-hydrogen) atoms. The van der Waals surface area contributed by atoms with Gasteiger partial charge in [-0.15, -0.1) is 0 Å². The SMILES string of the molecule is C[C@@]1(O)CCN2CCc3c([nH]c4ccccc34)[C@H]2C1. The summed E-state index contributed by atoms with van der Waals surface area (Å²) in [6, 6.07) is 8.92. The smallest absolute Gasteiger partial charge is 0.0650 e. The van der Waals surface area contributed by atoms with E-state index in [1.165, 1.54) is 22.2 Å². The van der Waals surface area contributed by atoms with Crippen LogP contribution in [0, 0.1) is 0 Å². The third kappa shape index (κ3) is 1.72. The van der Waals surface area contributed by atoms with E-state index in [-0.39, 0.29) is 0 Å². The second-order valence-electron chi connectivity index (χ2n) is 6.32. The maximum absolute atomic E-state index is 10.4. The summed E-state index contributed by atoms with van der Waals surface area (Å²) in [5, 5.41) is 11.7. The number of benzene rings is 1. The van der Waals surface area contributed by atoms with Gasteiger partial charge >= 0.3 is 0 Å². The van der Waals surface area contributed by atoms with Crippen molar-refractivity contribution in [3.8, 4) is 0 Å². The van der Waals surface area contributed by atoms with Crippen LogP contribution in [0.15, 0.2) is 24.3 Å². The average Bonchev–Trinajstić information content (AvgIpc) is 2.77. The van der Waals surface area contributed by atoms with E-state index in [2.05, 4.69) is 34.1 Å². The quantitative estimate of drug-likeness (QED) is 0.760. The summed E-state index contributed by atoms with van der Waals surface area (Å²) in [7, 11) is 0. The Balaban J connectivity index is 1.84. The summed E-state index contributed by atoms with van der Waals surface area (Å²) in [5.41, 5.74) is 3.52. The average molecular weight is 256 g/mol. The Morgan fingerprint density at radius 3 is 3.05 bits per heavy atom. The Kier molecular flexibility index (Phi) is 2.32. The number of fused-ring (bicyclic) bond motifs is 5. The standard InChI is InChI=1S/C16H20N2O/c1-16(19)7-9-18-8-6-12-11-4-2-3-5-13(11)17-15(12)14(18)10-16/h2-5,14,17,19H,6-10H2,1H3/t14-,16-/m1/s1. The van der Waals surface area contributed by atoms with Gasteiger partial charge in [0.2, 0.25) is 0 Å². The molecule has 0 aliphatic carbocycles. The fraction of sp³-hybridized carbons (Fsp3) is 0.500. The molecule has 2 N–H and O–H groups in total. The topological polar surface area (TPSA) is 39.3 Å². The van der Waals surface area contributed by atoms with Gasteiger partial charge in [0, 0.05) is 29.7 Å². The molecule has 2 aliphatic heterocycles. The lowest BCUT2D eigenvalue weighted by atomic mass is 9.83. The molecule has 2 aliphatic rings. The molecular weight excluding hydrogens is 236 g/mol. The van der Waals surface area contributed by atoms with Gasteiger partial charge in [0.25, 0.3) is 0 Å². The molecule has 3 heterocycles. The number of hydrogen-bond donors (Lipinski definition) is 2. The number of piperidine rings is 1. The second kappa shape index (κ2) is 3.84. The van der Waals surface area contributed by atoms with E-state index >= 15 is 0 Å². The van der Waals surface area contributed by atoms with Gasteiger partial charge < -0.3 is 10.1 Å². The van der Waals surface area contributed by atoms with Crippen LogP contribution in [0.4, 0.5) is 0 Å². The number of aliphatic hydroxyl groups is 1. The van der Waals surface area contributed by atoms with E-state index in [1.807, 2.05) is 6.92 Å². The molecule has 1 aromatic heterocycles. The predicted octanol–water partition coefficient (Wildman–Crippen LogP) is 2.61. The van der Waals surface area contributed by atoms with Crippen molar-refractivity contribution in [2.24, 2.45) is 0 Å². The van der Waals surface area contributed by atoms with Gasteiger partial charge in [-0.1, -0.05) is 18.2 Å². The molecule has 3 nitrogen and oxygen atoms in total. The molecule has 2 atom stereocenters. The van der Waals surface area contributed by atoms with Gasteiger partial charge in [-0.3, -0.25) is 4.90 Å². The highest BCUT2D eigenvalue weighted by atomic mass is 16.3. The van der Waals surface area contributed by atoms with Crippen molar-refractivity contribution in [3.63, 3.8) is 0 Å². The third-order valence-corrected chi connectivity index (χ3v) is 4.84. The zero-order chi connectivity index (χ0) is 13.0. The fourth-order valence-corrected chi connectivity index (χ4v) is 3.77. The number of nitrogens with one attached hydrogen (secondary N) is 1. The first-order chi connectivity index (χ1) is 9.14. The predicted molar refractivity (Wildman–Crippen MR) is 76.2 cm³/mol. The number of H-pyrrole nitrogens is 1. The van der Waals surface area contributed by atoms with Crippen LogP contribution in [0.1, 0.15) is 37.1 Å². The first kappa shape index (κ1) is 11.5. The maximum Gasteiger partial charge on any atom is 0.0650 e. The monoisotopic (exact) mass is 256 g/mol. The van der Waals surface area contributed by atoms with Gasteiger partial charge in [0.1, 0.15) is 0 Å². The summed E-state index contributed by atoms with van der Waals surface area (Å²) >= 11 is 0. The van der Waals surface area contributed by atoms with Crippen LogP contribution < -0.4 is 0 Å². The van der Waals surface area contributed by atoms with Gasteiger partial charge in [-0.25, -0.2) is 0 Å². The molecular formula is C16H20N2O. The molecule has 2 aromatic rings. The molecule has 0 spiro atoms. The minimum absolute atomic E-state index is 0.361. The normalized spacial score (nSPS) is 31.2. The molecule has 100 valence electrons. The Hall–Kier alpha value is -1.32. The number of hydrogen-bond acceptors (Lipinski definition) is 2. The number of nitrogens with zero attached hydrogens (tertiary/aromatic N) is 1. The highest BCUT2D eigenvalue weighted by Crippen LogP contribution is 2.42. The molecule has 1 fully saturated rings. The first-order valence-corrected chi connectivity index (χ1v) is 7.20. The molecule has 0 bridgehead atoms. The van der Waals surface area contributed by atoms with E-state index in [1.54, 1.807) is 0 Å². The Morgan fingerprint density at radius 2 is 2.16 bits per heavy atom. The lowest BCUT2D eigenvalue weighted by Crippen LogP contribution is -2.47. The van der Waals surface area contributed by atoms with Crippen LogP contribution in [0.25, 0.3) is 10.9 Å². The molecule has 1 saturated heterocycles. The molecule has 1 aromatic carbocycles. The van der Waals surface area contributed by atoms with E-state index in [9.17, 15) is 5.11 Å². The van der Waals surface area contributed by atoms with E-state index in [0.29, 0.717) is 6.04 Å². The van der Waals surface area contributed by atoms with Crippen molar-refractivity contribution in [3.05, 3.63) is 35.5 Å². The lowest BCUT2D eigenvalue weighted by molar-refractivity contribution is -0.0380. The van der Waals surface area contributed by atoms with Crippen molar-refractivity contribution in [2.75, 3.05) is 13.1 Å². The summed E-state index contributed by atoms with van der Waals surface area (Å²) in [6.45, 7) is 4.10. The van der Waals surface area contributed by atoms with E-state index < -0.39 is 5.60 Å². The number of aromatic amines is 1. The lowest BCUT2D eigenvalue weighted by Gasteiger charge is -2.44. The summed E-state index contributed by atoms with van der Waals surface area (Å²) in [4.78, 5) is 6.12. The maximum atomic E-state index is 10.4. The van der Waals surface area contributed by atoms with Crippen LogP contribution in [0.5, 0.6) is 0 Å². The third-order valence-electron chi connectivity index (χ3n) is 4.84. The zero-order valence-corrected chi connectivity index (χ0v) is 11.3. The van der Waals surface area contributed by atoms with Crippen LogP contribution in [0.2, 0.25) is 0 Å². The highest BCUT2D eigenvalue weighted by Gasteiger charge is 2.39. The van der Waals surface area contributed by atoms with Crippen molar-refractivity contribution < 1.29 is 5.11 Å².